The first kappa shape index (κ1) is 15.2. The zero-order valence-corrected chi connectivity index (χ0v) is 13.8. The Morgan fingerprint density at radius 3 is 2.16 bits per heavy atom. The number of hydrogen-bond acceptors (Lipinski definition) is 5. The molecule has 2 aromatic heterocycles. The summed E-state index contributed by atoms with van der Waals surface area (Å²) in [5, 5.41) is 3.31. The molecule has 3 aromatic rings. The smallest absolute Gasteiger partial charge is 0.186 e. The standard InChI is InChI=1S/C20H17N5/c1-14-8-10-15(11-9-14)18-23-19(16-6-2-4-12-21-16)25-20(24-18)17-7-3-5-13-22-17/h2-13,19H,1H3,(H,23,24,25). The minimum Gasteiger partial charge on any atom is -0.323 e. The summed E-state index contributed by atoms with van der Waals surface area (Å²) >= 11 is 0. The average molecular weight is 327 g/mol. The summed E-state index contributed by atoms with van der Waals surface area (Å²) in [6.45, 7) is 2.07. The van der Waals surface area contributed by atoms with Gasteiger partial charge in [0, 0.05) is 18.0 Å². The van der Waals surface area contributed by atoms with Gasteiger partial charge in [-0.05, 0) is 31.2 Å². The van der Waals surface area contributed by atoms with E-state index in [1.54, 1.807) is 12.4 Å². The van der Waals surface area contributed by atoms with Crippen LogP contribution >= 0.6 is 0 Å². The molecule has 0 amide bonds. The van der Waals surface area contributed by atoms with Crippen molar-refractivity contribution >= 4 is 11.7 Å². The number of nitrogens with zero attached hydrogens (tertiary/aromatic N) is 4. The molecule has 5 heteroatoms. The second kappa shape index (κ2) is 6.65. The predicted molar refractivity (Wildman–Crippen MR) is 98.6 cm³/mol. The van der Waals surface area contributed by atoms with Crippen LogP contribution in [-0.4, -0.2) is 21.6 Å². The van der Waals surface area contributed by atoms with E-state index in [1.807, 2.05) is 36.4 Å². The monoisotopic (exact) mass is 327 g/mol. The summed E-state index contributed by atoms with van der Waals surface area (Å²) in [5.41, 5.74) is 3.81. The lowest BCUT2D eigenvalue weighted by molar-refractivity contribution is 0.726. The molecule has 0 spiro atoms. The topological polar surface area (TPSA) is 62.5 Å². The maximum atomic E-state index is 4.76. The van der Waals surface area contributed by atoms with Crippen molar-refractivity contribution in [2.45, 2.75) is 13.1 Å². The van der Waals surface area contributed by atoms with Gasteiger partial charge in [-0.1, -0.05) is 42.0 Å². The second-order valence-corrected chi connectivity index (χ2v) is 5.79. The van der Waals surface area contributed by atoms with E-state index in [9.17, 15) is 0 Å². The molecule has 25 heavy (non-hydrogen) atoms. The van der Waals surface area contributed by atoms with Gasteiger partial charge in [0.15, 0.2) is 12.0 Å². The Morgan fingerprint density at radius 1 is 0.760 bits per heavy atom. The third-order valence-corrected chi connectivity index (χ3v) is 3.92. The SMILES string of the molecule is Cc1ccc(C2=NC(c3ccccn3)N=C(c3ccccn3)N2)cc1. The summed E-state index contributed by atoms with van der Waals surface area (Å²) in [4.78, 5) is 18.3. The Morgan fingerprint density at radius 2 is 1.48 bits per heavy atom. The van der Waals surface area contributed by atoms with Gasteiger partial charge in [0.2, 0.25) is 0 Å². The number of aliphatic imine (C=N–C) groups is 2. The predicted octanol–water partition coefficient (Wildman–Crippen LogP) is 3.28. The van der Waals surface area contributed by atoms with Gasteiger partial charge < -0.3 is 5.32 Å². The highest BCUT2D eigenvalue weighted by molar-refractivity contribution is 6.15. The number of aromatic nitrogens is 2. The van der Waals surface area contributed by atoms with Crippen LogP contribution in [0.4, 0.5) is 0 Å². The van der Waals surface area contributed by atoms with Crippen molar-refractivity contribution in [3.63, 3.8) is 0 Å². The molecular weight excluding hydrogens is 310 g/mol. The lowest BCUT2D eigenvalue weighted by Gasteiger charge is -2.21. The Kier molecular flexibility index (Phi) is 4.04. The third-order valence-electron chi connectivity index (χ3n) is 3.92. The Hall–Kier alpha value is -3.34. The van der Waals surface area contributed by atoms with E-state index in [4.69, 9.17) is 9.98 Å². The van der Waals surface area contributed by atoms with Gasteiger partial charge in [-0.3, -0.25) is 9.97 Å². The highest BCUT2D eigenvalue weighted by atomic mass is 15.2. The van der Waals surface area contributed by atoms with Crippen LogP contribution in [0.1, 0.15) is 28.7 Å². The number of rotatable bonds is 3. The molecule has 0 fully saturated rings. The fourth-order valence-corrected chi connectivity index (χ4v) is 2.60. The molecule has 5 nitrogen and oxygen atoms in total. The molecule has 122 valence electrons. The van der Waals surface area contributed by atoms with E-state index in [2.05, 4.69) is 46.5 Å². The Bertz CT molecular complexity index is 915. The van der Waals surface area contributed by atoms with Crippen molar-refractivity contribution in [1.29, 1.82) is 0 Å². The number of amidine groups is 2. The maximum Gasteiger partial charge on any atom is 0.186 e. The normalized spacial score (nSPS) is 16.6. The van der Waals surface area contributed by atoms with Crippen molar-refractivity contribution in [1.82, 2.24) is 15.3 Å². The molecule has 0 aliphatic carbocycles. The highest BCUT2D eigenvalue weighted by Gasteiger charge is 2.21. The van der Waals surface area contributed by atoms with E-state index >= 15 is 0 Å². The molecule has 0 saturated heterocycles. The summed E-state index contributed by atoms with van der Waals surface area (Å²) in [6, 6.07) is 19.8. The van der Waals surface area contributed by atoms with E-state index in [0.29, 0.717) is 5.84 Å². The van der Waals surface area contributed by atoms with Gasteiger partial charge >= 0.3 is 0 Å². The minimum atomic E-state index is -0.393. The van der Waals surface area contributed by atoms with Crippen LogP contribution in [0.5, 0.6) is 0 Å². The van der Waals surface area contributed by atoms with Crippen molar-refractivity contribution in [2.24, 2.45) is 9.98 Å². The molecule has 1 unspecified atom stereocenters. The summed E-state index contributed by atoms with van der Waals surface area (Å²) < 4.78 is 0. The molecule has 1 aliphatic rings. The first-order valence-corrected chi connectivity index (χ1v) is 8.11. The first-order chi connectivity index (χ1) is 12.3. The summed E-state index contributed by atoms with van der Waals surface area (Å²) in [5.74, 6) is 1.47. The number of aryl methyl sites for hydroxylation is 1. The number of hydrogen-bond donors (Lipinski definition) is 1. The molecule has 0 bridgehead atoms. The second-order valence-electron chi connectivity index (χ2n) is 5.79. The minimum absolute atomic E-state index is 0.393. The van der Waals surface area contributed by atoms with Gasteiger partial charge in [0.1, 0.15) is 11.5 Å². The fraction of sp³-hybridized carbons (Fsp3) is 0.100. The van der Waals surface area contributed by atoms with E-state index in [-0.39, 0.29) is 0 Å². The molecule has 3 heterocycles. The lowest BCUT2D eigenvalue weighted by atomic mass is 10.1. The first-order valence-electron chi connectivity index (χ1n) is 8.11. The van der Waals surface area contributed by atoms with Gasteiger partial charge in [-0.15, -0.1) is 0 Å². The van der Waals surface area contributed by atoms with Crippen LogP contribution in [0, 0.1) is 6.92 Å². The quantitative estimate of drug-likeness (QED) is 0.803. The third kappa shape index (κ3) is 3.30. The number of benzene rings is 1. The van der Waals surface area contributed by atoms with Crippen molar-refractivity contribution < 1.29 is 0 Å². The molecule has 1 N–H and O–H groups in total. The molecule has 0 radical (unpaired) electrons. The van der Waals surface area contributed by atoms with Crippen molar-refractivity contribution in [2.75, 3.05) is 0 Å². The van der Waals surface area contributed by atoms with Crippen LogP contribution in [0.2, 0.25) is 0 Å². The molecule has 4 rings (SSSR count). The van der Waals surface area contributed by atoms with Crippen LogP contribution < -0.4 is 5.32 Å². The molecule has 1 aromatic carbocycles. The van der Waals surface area contributed by atoms with E-state index < -0.39 is 6.17 Å². The molecule has 0 saturated carbocycles. The van der Waals surface area contributed by atoms with Crippen LogP contribution in [-0.2, 0) is 0 Å². The Balaban J connectivity index is 1.77. The van der Waals surface area contributed by atoms with Gasteiger partial charge in [0.05, 0.1) is 5.69 Å². The van der Waals surface area contributed by atoms with Crippen molar-refractivity contribution in [3.8, 4) is 0 Å². The van der Waals surface area contributed by atoms with E-state index in [0.717, 1.165) is 22.8 Å². The van der Waals surface area contributed by atoms with E-state index in [1.165, 1.54) is 5.56 Å². The zero-order valence-electron chi connectivity index (χ0n) is 13.8. The number of nitrogens with one attached hydrogen (secondary N) is 1. The maximum absolute atomic E-state index is 4.76. The van der Waals surface area contributed by atoms with Crippen LogP contribution in [0.3, 0.4) is 0 Å². The highest BCUT2D eigenvalue weighted by Crippen LogP contribution is 2.22. The summed E-state index contributed by atoms with van der Waals surface area (Å²) in [7, 11) is 0. The fourth-order valence-electron chi connectivity index (χ4n) is 2.60. The lowest BCUT2D eigenvalue weighted by Crippen LogP contribution is -2.36. The zero-order chi connectivity index (χ0) is 17.1. The summed E-state index contributed by atoms with van der Waals surface area (Å²) in [6.07, 6.45) is 3.12. The largest absolute Gasteiger partial charge is 0.323 e. The van der Waals surface area contributed by atoms with Crippen LogP contribution in [0.15, 0.2) is 83.0 Å². The van der Waals surface area contributed by atoms with Gasteiger partial charge in [0.25, 0.3) is 0 Å². The van der Waals surface area contributed by atoms with Gasteiger partial charge in [-0.2, -0.15) is 0 Å². The molecule has 1 aliphatic heterocycles. The van der Waals surface area contributed by atoms with Crippen LogP contribution in [0.25, 0.3) is 0 Å². The van der Waals surface area contributed by atoms with Gasteiger partial charge in [-0.25, -0.2) is 9.98 Å². The molecular formula is C20H17N5. The van der Waals surface area contributed by atoms with Crippen molar-refractivity contribution in [3.05, 3.63) is 95.6 Å². The molecule has 1 atom stereocenters. The average Bonchev–Trinajstić information content (AvgIpc) is 2.69. The Labute approximate surface area is 146 Å². The number of pyridine rings is 2.